The quantitative estimate of drug-likeness (QED) is 0.211. The number of benzene rings is 1. The van der Waals surface area contributed by atoms with E-state index in [4.69, 9.17) is 5.73 Å². The summed E-state index contributed by atoms with van der Waals surface area (Å²) in [5, 5.41) is 15.4. The predicted octanol–water partition coefficient (Wildman–Crippen LogP) is -1.67. The molecule has 0 spiro atoms. The van der Waals surface area contributed by atoms with Crippen molar-refractivity contribution in [2.75, 3.05) is 0 Å². The second kappa shape index (κ2) is 5.37. The van der Waals surface area contributed by atoms with Crippen molar-refractivity contribution in [2.45, 2.75) is 0 Å². The molecular weight excluding hydrogens is 331 g/mol. The molecule has 16 heavy (non-hydrogen) atoms. The van der Waals surface area contributed by atoms with Crippen molar-refractivity contribution in [1.29, 1.82) is 0 Å². The largest absolute Gasteiger partial charge is 0.857 e. The van der Waals surface area contributed by atoms with Crippen molar-refractivity contribution in [2.24, 2.45) is 15.8 Å². The van der Waals surface area contributed by atoms with E-state index >= 15 is 0 Å². The van der Waals surface area contributed by atoms with Crippen LogP contribution in [0.3, 0.4) is 0 Å². The zero-order valence-corrected chi connectivity index (χ0v) is 11.9. The molecule has 0 amide bonds. The molecule has 0 saturated carbocycles. The van der Waals surface area contributed by atoms with Gasteiger partial charge in [-0.1, -0.05) is 18.2 Å². The van der Waals surface area contributed by atoms with Crippen LogP contribution in [0, 0.1) is 0 Å². The molecule has 4 radical (unpaired) electrons. The molecule has 0 fully saturated rings. The van der Waals surface area contributed by atoms with Crippen molar-refractivity contribution in [3.8, 4) is 0 Å². The molecule has 1 aromatic rings. The summed E-state index contributed by atoms with van der Waals surface area (Å²) in [6.45, 7) is 0. The third kappa shape index (κ3) is 2.57. The van der Waals surface area contributed by atoms with E-state index in [1.165, 1.54) is 0 Å². The summed E-state index contributed by atoms with van der Waals surface area (Å²) in [6.07, 6.45) is 0. The van der Waals surface area contributed by atoms with Gasteiger partial charge < -0.3 is 5.11 Å². The maximum Gasteiger partial charge on any atom is 0.356 e. The number of hydrogen-bond donors (Lipinski definition) is 2. The second-order valence-electron chi connectivity index (χ2n) is 2.89. The summed E-state index contributed by atoms with van der Waals surface area (Å²) in [4.78, 5) is 3.83. The zero-order valence-electron chi connectivity index (χ0n) is 8.14. The molecule has 0 unspecified atom stereocenters. The average Bonchev–Trinajstić information content (AvgIpc) is 2.50. The van der Waals surface area contributed by atoms with Crippen LogP contribution >= 0.6 is 0 Å². The number of para-hydroxylation sites is 1. The molecule has 0 atom stereocenters. The van der Waals surface area contributed by atoms with E-state index in [0.717, 1.165) is 0 Å². The van der Waals surface area contributed by atoms with Crippen LogP contribution in [0.15, 0.2) is 34.4 Å². The number of nitrogens with one attached hydrogen (secondary N) is 1. The number of rotatable bonds is 1. The van der Waals surface area contributed by atoms with Gasteiger partial charge in [0.25, 0.3) is 0 Å². The van der Waals surface area contributed by atoms with Gasteiger partial charge in [-0.15, -0.1) is 0 Å². The fourth-order valence-electron chi connectivity index (χ4n) is 1.27. The summed E-state index contributed by atoms with van der Waals surface area (Å²) in [7, 11) is 0. The van der Waals surface area contributed by atoms with Gasteiger partial charge in [-0.25, -0.2) is 11.2 Å². The summed E-state index contributed by atoms with van der Waals surface area (Å²) < 4.78 is 0. The van der Waals surface area contributed by atoms with Crippen molar-refractivity contribution in [3.63, 3.8) is 0 Å². The minimum atomic E-state index is -0.377. The SMILES string of the molecule is NC(=[SH+])NN=C1C([O-])=Nc2ccccc21.[Sn]. The fraction of sp³-hybridized carbons (Fsp3) is 0. The van der Waals surface area contributed by atoms with Gasteiger partial charge in [0, 0.05) is 35.4 Å². The standard InChI is InChI=1S/C9H8N4OS.Sn/c10-9(15)13-12-7-5-3-1-2-4-6(5)11-8(7)14;/h1-4H,(H3,10,13,15)(H,11,12,14);. The van der Waals surface area contributed by atoms with Crippen LogP contribution in [0.1, 0.15) is 5.56 Å². The van der Waals surface area contributed by atoms with Gasteiger partial charge in [0.1, 0.15) is 5.71 Å². The van der Waals surface area contributed by atoms with Crippen molar-refractivity contribution in [1.82, 2.24) is 5.43 Å². The Morgan fingerprint density at radius 1 is 1.44 bits per heavy atom. The van der Waals surface area contributed by atoms with Crippen LogP contribution in [0.2, 0.25) is 0 Å². The number of thiol groups is 1. The molecule has 0 bridgehead atoms. The maximum atomic E-state index is 11.4. The third-order valence-electron chi connectivity index (χ3n) is 1.87. The minimum absolute atomic E-state index is 0. The number of hydrazone groups is 1. The molecule has 0 aliphatic carbocycles. The van der Waals surface area contributed by atoms with E-state index < -0.39 is 0 Å². The summed E-state index contributed by atoms with van der Waals surface area (Å²) in [5.74, 6) is -0.377. The van der Waals surface area contributed by atoms with Gasteiger partial charge in [-0.2, -0.15) is 5.10 Å². The van der Waals surface area contributed by atoms with Gasteiger partial charge in [0.05, 0.1) is 5.69 Å². The van der Waals surface area contributed by atoms with Crippen molar-refractivity contribution >= 4 is 58.5 Å². The van der Waals surface area contributed by atoms with E-state index in [1.807, 2.05) is 12.1 Å². The van der Waals surface area contributed by atoms with E-state index in [9.17, 15) is 5.11 Å². The van der Waals surface area contributed by atoms with Gasteiger partial charge in [0.2, 0.25) is 12.2 Å². The van der Waals surface area contributed by atoms with E-state index in [-0.39, 0.29) is 40.6 Å². The van der Waals surface area contributed by atoms with E-state index in [0.29, 0.717) is 11.3 Å². The Kier molecular flexibility index (Phi) is 4.39. The van der Waals surface area contributed by atoms with Gasteiger partial charge in [-0.05, 0) is 6.07 Å². The fourth-order valence-corrected chi connectivity index (χ4v) is 1.32. The Morgan fingerprint density at radius 2 is 2.12 bits per heavy atom. The van der Waals surface area contributed by atoms with E-state index in [1.54, 1.807) is 12.1 Å². The first kappa shape index (κ1) is 13.1. The molecule has 1 aromatic carbocycles. The van der Waals surface area contributed by atoms with Gasteiger partial charge in [-0.3, -0.25) is 4.99 Å². The Bertz CT molecular complexity index is 486. The molecule has 80 valence electrons. The number of fused-ring (bicyclic) bond motifs is 1. The first-order chi connectivity index (χ1) is 7.18. The first-order valence-electron chi connectivity index (χ1n) is 4.19. The van der Waals surface area contributed by atoms with E-state index in [2.05, 4.69) is 27.7 Å². The number of aliphatic imine (C=N–C) groups is 1. The zero-order chi connectivity index (χ0) is 10.8. The first-order valence-corrected chi connectivity index (χ1v) is 4.64. The Labute approximate surface area is 114 Å². The summed E-state index contributed by atoms with van der Waals surface area (Å²) >= 11 is 3.80. The molecule has 1 aliphatic heterocycles. The monoisotopic (exact) mass is 340 g/mol. The Morgan fingerprint density at radius 3 is 2.81 bits per heavy atom. The summed E-state index contributed by atoms with van der Waals surface area (Å²) in [6, 6.07) is 7.16. The van der Waals surface area contributed by atoms with Crippen LogP contribution in [-0.4, -0.2) is 40.6 Å². The van der Waals surface area contributed by atoms with Gasteiger partial charge in [0.15, 0.2) is 0 Å². The molecule has 1 heterocycles. The predicted molar refractivity (Wildman–Crippen MR) is 66.9 cm³/mol. The Balaban J connectivity index is 0.00000128. The molecule has 3 N–H and O–H groups in total. The molecule has 7 heteroatoms. The molecular formula is C9H8N4OSSn. The minimum Gasteiger partial charge on any atom is -0.857 e. The summed E-state index contributed by atoms with van der Waals surface area (Å²) in [5.41, 5.74) is 9.26. The number of nitrogens with two attached hydrogens (primary N) is 1. The molecule has 5 nitrogen and oxygen atoms in total. The normalized spacial score (nSPS) is 15.1. The molecule has 2 rings (SSSR count). The molecule has 0 saturated heterocycles. The smallest absolute Gasteiger partial charge is 0.356 e. The number of hydrogen-bond acceptors (Lipinski definition) is 3. The van der Waals surface area contributed by atoms with Gasteiger partial charge >= 0.3 is 5.11 Å². The maximum absolute atomic E-state index is 11.4. The third-order valence-corrected chi connectivity index (χ3v) is 1.97. The van der Waals surface area contributed by atoms with Crippen LogP contribution in [0.4, 0.5) is 5.69 Å². The van der Waals surface area contributed by atoms with Crippen molar-refractivity contribution in [3.05, 3.63) is 29.8 Å². The van der Waals surface area contributed by atoms with Crippen LogP contribution in [0.25, 0.3) is 0 Å². The van der Waals surface area contributed by atoms with Crippen LogP contribution < -0.4 is 16.3 Å². The second-order valence-corrected chi connectivity index (χ2v) is 3.37. The topological polar surface area (TPSA) is 85.8 Å². The molecule has 1 aliphatic rings. The van der Waals surface area contributed by atoms with Crippen molar-refractivity contribution < 1.29 is 5.11 Å². The molecule has 0 aromatic heterocycles. The van der Waals surface area contributed by atoms with Crippen LogP contribution in [-0.2, 0) is 12.2 Å². The van der Waals surface area contributed by atoms with Crippen LogP contribution in [0.5, 0.6) is 0 Å². The Hall–Kier alpha value is -0.991. The number of nitrogens with zero attached hydrogens (tertiary/aromatic N) is 2. The average molecular weight is 339 g/mol.